The van der Waals surface area contributed by atoms with Gasteiger partial charge < -0.3 is 4.90 Å². The molecule has 2 aromatic heterocycles. The number of H-pyrrole nitrogens is 1. The molecule has 30 heavy (non-hydrogen) atoms. The van der Waals surface area contributed by atoms with Gasteiger partial charge in [0.1, 0.15) is 6.33 Å². The van der Waals surface area contributed by atoms with Gasteiger partial charge in [-0.2, -0.15) is 4.52 Å². The summed E-state index contributed by atoms with van der Waals surface area (Å²) in [5, 5.41) is 2.76. The molecule has 2 aliphatic rings. The van der Waals surface area contributed by atoms with Crippen LogP contribution in [0.4, 0.5) is 0 Å². The van der Waals surface area contributed by atoms with Crippen molar-refractivity contribution in [3.8, 4) is 0 Å². The van der Waals surface area contributed by atoms with Gasteiger partial charge in [0.25, 0.3) is 11.3 Å². The van der Waals surface area contributed by atoms with Crippen LogP contribution >= 0.6 is 0 Å². The van der Waals surface area contributed by atoms with Crippen molar-refractivity contribution in [3.63, 3.8) is 0 Å². The van der Waals surface area contributed by atoms with E-state index in [1.165, 1.54) is 22.0 Å². The second kappa shape index (κ2) is 7.36. The number of likely N-dealkylation sites (tertiary alicyclic amines) is 2. The van der Waals surface area contributed by atoms with Crippen molar-refractivity contribution >= 4 is 11.7 Å². The van der Waals surface area contributed by atoms with Crippen LogP contribution in [-0.2, 0) is 17.9 Å². The summed E-state index contributed by atoms with van der Waals surface area (Å²) in [4.78, 5) is 38.5. The van der Waals surface area contributed by atoms with Crippen molar-refractivity contribution in [2.45, 2.75) is 39.3 Å². The number of benzene rings is 1. The molecule has 5 rings (SSSR count). The SMILES string of the molecule is Cc1cccc(CN2CCC[C@@]3(CCN(Cc4cc(=O)n5[nH]cnc5n4)C3)C2=O)c1. The summed E-state index contributed by atoms with van der Waals surface area (Å²) in [6.07, 6.45) is 4.28. The highest BCUT2D eigenvalue weighted by Crippen LogP contribution is 2.40. The van der Waals surface area contributed by atoms with E-state index in [0.29, 0.717) is 24.6 Å². The van der Waals surface area contributed by atoms with E-state index in [4.69, 9.17) is 0 Å². The number of amides is 1. The first-order valence-corrected chi connectivity index (χ1v) is 10.5. The van der Waals surface area contributed by atoms with E-state index < -0.39 is 0 Å². The Morgan fingerprint density at radius 2 is 2.03 bits per heavy atom. The Bertz CT molecular complexity index is 1150. The van der Waals surface area contributed by atoms with E-state index in [9.17, 15) is 9.59 Å². The molecule has 2 aliphatic heterocycles. The van der Waals surface area contributed by atoms with Gasteiger partial charge >= 0.3 is 0 Å². The number of aromatic nitrogens is 4. The summed E-state index contributed by atoms with van der Waals surface area (Å²) in [5.74, 6) is 0.651. The fourth-order valence-electron chi connectivity index (χ4n) is 4.98. The Labute approximate surface area is 174 Å². The minimum Gasteiger partial charge on any atom is -0.338 e. The van der Waals surface area contributed by atoms with Crippen LogP contribution in [0, 0.1) is 12.3 Å². The van der Waals surface area contributed by atoms with E-state index in [1.807, 2.05) is 4.90 Å². The largest absolute Gasteiger partial charge is 0.338 e. The minimum atomic E-state index is -0.312. The molecule has 1 N–H and O–H groups in total. The molecule has 0 unspecified atom stereocenters. The zero-order chi connectivity index (χ0) is 20.7. The predicted molar refractivity (Wildman–Crippen MR) is 112 cm³/mol. The summed E-state index contributed by atoms with van der Waals surface area (Å²) in [6.45, 7) is 5.70. The highest BCUT2D eigenvalue weighted by Gasteiger charge is 2.48. The highest BCUT2D eigenvalue weighted by molar-refractivity contribution is 5.84. The quantitative estimate of drug-likeness (QED) is 0.713. The fourth-order valence-corrected chi connectivity index (χ4v) is 4.98. The second-order valence-electron chi connectivity index (χ2n) is 8.67. The molecule has 1 spiro atoms. The average molecular weight is 406 g/mol. The Morgan fingerprint density at radius 1 is 1.13 bits per heavy atom. The Kier molecular flexibility index (Phi) is 4.66. The first-order chi connectivity index (χ1) is 14.5. The van der Waals surface area contributed by atoms with E-state index in [1.54, 1.807) is 6.07 Å². The van der Waals surface area contributed by atoms with Crippen LogP contribution in [0.2, 0.25) is 0 Å². The highest BCUT2D eigenvalue weighted by atomic mass is 16.2. The lowest BCUT2D eigenvalue weighted by atomic mass is 9.78. The normalized spacial score (nSPS) is 22.4. The van der Waals surface area contributed by atoms with Crippen LogP contribution in [-0.4, -0.2) is 54.9 Å². The molecule has 0 saturated carbocycles. The Balaban J connectivity index is 1.30. The molecule has 3 aromatic rings. The van der Waals surface area contributed by atoms with Gasteiger partial charge in [0.05, 0.1) is 11.1 Å². The molecule has 2 saturated heterocycles. The zero-order valence-electron chi connectivity index (χ0n) is 17.2. The van der Waals surface area contributed by atoms with Gasteiger partial charge in [-0.1, -0.05) is 29.8 Å². The zero-order valence-corrected chi connectivity index (χ0v) is 17.2. The van der Waals surface area contributed by atoms with Crippen LogP contribution in [0.25, 0.3) is 5.78 Å². The number of aromatic amines is 1. The third kappa shape index (κ3) is 3.41. The Morgan fingerprint density at radius 3 is 2.90 bits per heavy atom. The van der Waals surface area contributed by atoms with Gasteiger partial charge in [-0.05, 0) is 38.3 Å². The molecule has 156 valence electrons. The third-order valence-corrected chi connectivity index (χ3v) is 6.42. The third-order valence-electron chi connectivity index (χ3n) is 6.42. The molecule has 2 fully saturated rings. The van der Waals surface area contributed by atoms with Gasteiger partial charge in [0.2, 0.25) is 5.91 Å². The lowest BCUT2D eigenvalue weighted by Gasteiger charge is -2.39. The number of piperidine rings is 1. The predicted octanol–water partition coefficient (Wildman–Crippen LogP) is 1.74. The van der Waals surface area contributed by atoms with Crippen molar-refractivity contribution in [2.24, 2.45) is 5.41 Å². The summed E-state index contributed by atoms with van der Waals surface area (Å²) in [5.41, 5.74) is 2.62. The molecule has 4 heterocycles. The van der Waals surface area contributed by atoms with Crippen molar-refractivity contribution in [3.05, 3.63) is 63.8 Å². The summed E-state index contributed by atoms with van der Waals surface area (Å²) in [7, 11) is 0. The van der Waals surface area contributed by atoms with Crippen LogP contribution in [0.5, 0.6) is 0 Å². The van der Waals surface area contributed by atoms with E-state index >= 15 is 0 Å². The molecular formula is C22H26N6O2. The van der Waals surface area contributed by atoms with E-state index in [0.717, 1.165) is 38.9 Å². The lowest BCUT2D eigenvalue weighted by Crippen LogP contribution is -2.49. The maximum atomic E-state index is 13.4. The van der Waals surface area contributed by atoms with Gasteiger partial charge in [0, 0.05) is 32.2 Å². The number of nitrogens with one attached hydrogen (secondary N) is 1. The lowest BCUT2D eigenvalue weighted by molar-refractivity contribution is -0.146. The van der Waals surface area contributed by atoms with Crippen LogP contribution < -0.4 is 5.56 Å². The molecule has 1 atom stereocenters. The smallest absolute Gasteiger partial charge is 0.274 e. The first-order valence-electron chi connectivity index (χ1n) is 10.5. The van der Waals surface area contributed by atoms with Crippen molar-refractivity contribution in [1.82, 2.24) is 29.4 Å². The summed E-state index contributed by atoms with van der Waals surface area (Å²) < 4.78 is 1.32. The van der Waals surface area contributed by atoms with Crippen molar-refractivity contribution < 1.29 is 4.79 Å². The topological polar surface area (TPSA) is 86.6 Å². The molecule has 0 bridgehead atoms. The first kappa shape index (κ1) is 19.0. The maximum absolute atomic E-state index is 13.4. The molecular weight excluding hydrogens is 380 g/mol. The average Bonchev–Trinajstić information content (AvgIpc) is 3.34. The molecule has 0 radical (unpaired) electrons. The summed E-state index contributed by atoms with van der Waals surface area (Å²) >= 11 is 0. The Hall–Kier alpha value is -3.00. The number of hydrogen-bond acceptors (Lipinski definition) is 5. The van der Waals surface area contributed by atoms with Crippen molar-refractivity contribution in [1.29, 1.82) is 0 Å². The number of aryl methyl sites for hydroxylation is 1. The van der Waals surface area contributed by atoms with Gasteiger partial charge in [-0.25, -0.2) is 9.97 Å². The molecule has 8 nitrogen and oxygen atoms in total. The second-order valence-corrected chi connectivity index (χ2v) is 8.67. The van der Waals surface area contributed by atoms with Crippen LogP contribution in [0.3, 0.4) is 0 Å². The van der Waals surface area contributed by atoms with Crippen LogP contribution in [0.1, 0.15) is 36.1 Å². The number of fused-ring (bicyclic) bond motifs is 1. The summed E-state index contributed by atoms with van der Waals surface area (Å²) in [6, 6.07) is 9.93. The minimum absolute atomic E-state index is 0.167. The van der Waals surface area contributed by atoms with Crippen molar-refractivity contribution in [2.75, 3.05) is 19.6 Å². The van der Waals surface area contributed by atoms with Gasteiger partial charge in [-0.15, -0.1) is 0 Å². The number of hydrogen-bond donors (Lipinski definition) is 1. The molecule has 1 amide bonds. The monoisotopic (exact) mass is 406 g/mol. The number of carbonyl (C=O) groups is 1. The van der Waals surface area contributed by atoms with E-state index in [-0.39, 0.29) is 16.9 Å². The van der Waals surface area contributed by atoms with Crippen LogP contribution in [0.15, 0.2) is 41.5 Å². The van der Waals surface area contributed by atoms with Gasteiger partial charge in [-0.3, -0.25) is 19.6 Å². The standard InChI is InChI=1S/C22H26N6O2/c1-16-4-2-5-17(10-16)12-27-8-3-6-22(20(27)30)7-9-26(14-22)13-18-11-19(29)28-21(25-18)23-15-24-28/h2,4-5,10-11,15H,3,6-9,12-14H2,1H3,(H,23,24,25)/t22-/m0/s1. The maximum Gasteiger partial charge on any atom is 0.274 e. The van der Waals surface area contributed by atoms with E-state index in [2.05, 4.69) is 51.2 Å². The molecule has 1 aromatic carbocycles. The number of rotatable bonds is 4. The number of nitrogens with zero attached hydrogens (tertiary/aromatic N) is 5. The van der Waals surface area contributed by atoms with Gasteiger partial charge in [0.15, 0.2) is 0 Å². The molecule has 0 aliphatic carbocycles. The molecule has 8 heteroatoms. The number of carbonyl (C=O) groups excluding carboxylic acids is 1. The fraction of sp³-hybridized carbons (Fsp3) is 0.455.